The van der Waals surface area contributed by atoms with Crippen LogP contribution in [0.15, 0.2) is 47.4 Å². The summed E-state index contributed by atoms with van der Waals surface area (Å²) in [5, 5.41) is 1.23. The molecule has 28 heavy (non-hydrogen) atoms. The number of hydrogen-bond acceptors (Lipinski definition) is 3. The summed E-state index contributed by atoms with van der Waals surface area (Å²) in [5.74, 6) is 0.157. The molecule has 9 heteroatoms. The average molecular weight is 476 g/mol. The number of benzene rings is 2. The van der Waals surface area contributed by atoms with E-state index in [-0.39, 0.29) is 15.7 Å². The number of hydrogen-bond donors (Lipinski definition) is 1. The summed E-state index contributed by atoms with van der Waals surface area (Å²) in [7, 11) is -3.95. The van der Waals surface area contributed by atoms with Crippen LogP contribution in [0, 0.1) is 13.8 Å². The first kappa shape index (κ1) is 21.2. The van der Waals surface area contributed by atoms with Crippen molar-refractivity contribution < 1.29 is 8.42 Å². The Balaban J connectivity index is 1.98. The highest BCUT2D eigenvalue weighted by Gasteiger charge is 2.22. The first-order valence-electron chi connectivity index (χ1n) is 8.00. The molecule has 1 N–H and O–H groups in total. The zero-order valence-corrected chi connectivity index (χ0v) is 18.6. The van der Waals surface area contributed by atoms with Gasteiger partial charge in [0.15, 0.2) is 0 Å². The molecule has 146 valence electrons. The zero-order valence-electron chi connectivity index (χ0n) is 14.7. The Morgan fingerprint density at radius 1 is 0.893 bits per heavy atom. The van der Waals surface area contributed by atoms with Gasteiger partial charge < -0.3 is 0 Å². The molecule has 3 aromatic rings. The Labute approximate surface area is 183 Å². The van der Waals surface area contributed by atoms with E-state index in [1.807, 2.05) is 6.07 Å². The fraction of sp³-hybridized carbons (Fsp3) is 0.105. The fourth-order valence-electron chi connectivity index (χ4n) is 2.83. The lowest BCUT2D eigenvalue weighted by molar-refractivity contribution is 0.600. The maximum atomic E-state index is 12.8. The molecule has 0 aliphatic rings. The number of aromatic nitrogens is 1. The highest BCUT2D eigenvalue weighted by molar-refractivity contribution is 7.92. The number of nitrogens with zero attached hydrogens (tertiary/aromatic N) is 1. The van der Waals surface area contributed by atoms with Crippen LogP contribution in [0.5, 0.6) is 0 Å². The molecule has 0 radical (unpaired) electrons. The predicted molar refractivity (Wildman–Crippen MR) is 116 cm³/mol. The van der Waals surface area contributed by atoms with E-state index in [0.717, 1.165) is 5.56 Å². The molecule has 0 aliphatic carbocycles. The minimum absolute atomic E-state index is 0.0385. The summed E-state index contributed by atoms with van der Waals surface area (Å²) < 4.78 is 28.1. The number of halogens is 4. The zero-order chi connectivity index (χ0) is 20.6. The van der Waals surface area contributed by atoms with Crippen molar-refractivity contribution in [3.05, 3.63) is 73.8 Å². The van der Waals surface area contributed by atoms with Crippen molar-refractivity contribution in [1.82, 2.24) is 4.98 Å². The van der Waals surface area contributed by atoms with Crippen LogP contribution in [0.3, 0.4) is 0 Å². The van der Waals surface area contributed by atoms with E-state index in [4.69, 9.17) is 46.4 Å². The van der Waals surface area contributed by atoms with Gasteiger partial charge in [-0.25, -0.2) is 13.4 Å². The van der Waals surface area contributed by atoms with Gasteiger partial charge in [-0.3, -0.25) is 4.72 Å². The summed E-state index contributed by atoms with van der Waals surface area (Å²) in [6, 6.07) is 11.5. The quantitative estimate of drug-likeness (QED) is 0.452. The molecule has 0 aliphatic heterocycles. The van der Waals surface area contributed by atoms with Gasteiger partial charge in [-0.15, -0.1) is 0 Å². The molecule has 0 bridgehead atoms. The lowest BCUT2D eigenvalue weighted by Gasteiger charge is -2.14. The Kier molecular flexibility index (Phi) is 6.13. The minimum Gasteiger partial charge on any atom is -0.263 e. The molecule has 4 nitrogen and oxygen atoms in total. The molecular formula is C19H14Cl4N2O2S. The molecule has 0 unspecified atom stereocenters. The molecule has 0 amide bonds. The second-order valence-corrected chi connectivity index (χ2v) is 9.32. The van der Waals surface area contributed by atoms with Crippen molar-refractivity contribution in [3.63, 3.8) is 0 Å². The average Bonchev–Trinajstić information content (AvgIpc) is 2.56. The first-order chi connectivity index (χ1) is 13.1. The minimum atomic E-state index is -3.95. The van der Waals surface area contributed by atoms with Gasteiger partial charge in [0.05, 0.1) is 15.1 Å². The molecule has 1 heterocycles. The largest absolute Gasteiger partial charge is 0.264 e. The Bertz CT molecular complexity index is 1160. The summed E-state index contributed by atoms with van der Waals surface area (Å²) >= 11 is 24.4. The molecule has 0 saturated heterocycles. The van der Waals surface area contributed by atoms with Crippen molar-refractivity contribution in [1.29, 1.82) is 0 Å². The Morgan fingerprint density at radius 3 is 2.25 bits per heavy atom. The predicted octanol–water partition coefficient (Wildman–Crippen LogP) is 6.78. The normalized spacial score (nSPS) is 11.5. The van der Waals surface area contributed by atoms with Gasteiger partial charge in [-0.05, 0) is 49.7 Å². The van der Waals surface area contributed by atoms with Gasteiger partial charge in [0.1, 0.15) is 10.7 Å². The van der Waals surface area contributed by atoms with E-state index in [2.05, 4.69) is 9.71 Å². The van der Waals surface area contributed by atoms with Crippen LogP contribution in [0.4, 0.5) is 5.82 Å². The molecule has 2 aromatic carbocycles. The van der Waals surface area contributed by atoms with E-state index in [1.165, 1.54) is 12.1 Å². The summed E-state index contributed by atoms with van der Waals surface area (Å²) in [5.41, 5.74) is 2.48. The highest BCUT2D eigenvalue weighted by atomic mass is 35.5. The maximum absolute atomic E-state index is 12.8. The third-order valence-electron chi connectivity index (χ3n) is 4.03. The van der Waals surface area contributed by atoms with E-state index in [9.17, 15) is 8.42 Å². The van der Waals surface area contributed by atoms with Crippen LogP contribution >= 0.6 is 46.4 Å². The van der Waals surface area contributed by atoms with Crippen LogP contribution < -0.4 is 4.72 Å². The maximum Gasteiger partial charge on any atom is 0.264 e. The molecular weight excluding hydrogens is 462 g/mol. The van der Waals surface area contributed by atoms with Gasteiger partial charge in [0.2, 0.25) is 0 Å². The first-order valence-corrected chi connectivity index (χ1v) is 11.0. The van der Waals surface area contributed by atoms with Crippen LogP contribution in [0.2, 0.25) is 20.1 Å². The number of aryl methyl sites for hydroxylation is 2. The standard InChI is InChI=1S/C19H14Cl4N2O2S/c1-10-8-12(20)9-16(22)19(10)28(26,27)25-17-7-6-13(11(2)24-17)14-4-3-5-15(21)18(14)23/h3-9H,1-2H3,(H,24,25). The number of anilines is 1. The smallest absolute Gasteiger partial charge is 0.263 e. The second kappa shape index (κ2) is 8.09. The van der Waals surface area contributed by atoms with Gasteiger partial charge in [0.25, 0.3) is 10.0 Å². The van der Waals surface area contributed by atoms with Crippen molar-refractivity contribution in [2.24, 2.45) is 0 Å². The van der Waals surface area contributed by atoms with Crippen LogP contribution in [0.25, 0.3) is 11.1 Å². The third-order valence-corrected chi connectivity index (χ3v) is 7.03. The van der Waals surface area contributed by atoms with Crippen molar-refractivity contribution >= 4 is 62.2 Å². The van der Waals surface area contributed by atoms with Gasteiger partial charge >= 0.3 is 0 Å². The highest BCUT2D eigenvalue weighted by Crippen LogP contribution is 2.35. The van der Waals surface area contributed by atoms with E-state index < -0.39 is 10.0 Å². The molecule has 0 fully saturated rings. The SMILES string of the molecule is Cc1cc(Cl)cc(Cl)c1S(=O)(=O)Nc1ccc(-c2cccc(Cl)c2Cl)c(C)n1. The lowest BCUT2D eigenvalue weighted by atomic mass is 10.0. The van der Waals surface area contributed by atoms with E-state index >= 15 is 0 Å². The number of rotatable bonds is 4. The third kappa shape index (κ3) is 4.24. The van der Waals surface area contributed by atoms with Crippen LogP contribution in [-0.2, 0) is 10.0 Å². The molecule has 0 saturated carbocycles. The topological polar surface area (TPSA) is 59.1 Å². The van der Waals surface area contributed by atoms with Crippen LogP contribution in [0.1, 0.15) is 11.3 Å². The van der Waals surface area contributed by atoms with E-state index in [1.54, 1.807) is 38.1 Å². The van der Waals surface area contributed by atoms with Gasteiger partial charge in [0, 0.05) is 21.8 Å². The van der Waals surface area contributed by atoms with Crippen molar-refractivity contribution in [2.45, 2.75) is 18.7 Å². The second-order valence-electron chi connectivity index (χ2n) is 6.07. The fourth-order valence-corrected chi connectivity index (χ4v) is 5.42. The summed E-state index contributed by atoms with van der Waals surface area (Å²) in [6.07, 6.45) is 0. The lowest BCUT2D eigenvalue weighted by Crippen LogP contribution is -2.16. The number of sulfonamides is 1. The van der Waals surface area contributed by atoms with Gasteiger partial charge in [-0.1, -0.05) is 58.5 Å². The number of nitrogens with one attached hydrogen (secondary N) is 1. The molecule has 1 aromatic heterocycles. The van der Waals surface area contributed by atoms with Crippen LogP contribution in [-0.4, -0.2) is 13.4 Å². The molecule has 3 rings (SSSR count). The monoisotopic (exact) mass is 474 g/mol. The number of pyridine rings is 1. The van der Waals surface area contributed by atoms with Gasteiger partial charge in [-0.2, -0.15) is 0 Å². The molecule has 0 atom stereocenters. The Morgan fingerprint density at radius 2 is 1.61 bits per heavy atom. The summed E-state index contributed by atoms with van der Waals surface area (Å²) in [4.78, 5) is 4.31. The van der Waals surface area contributed by atoms with Crippen molar-refractivity contribution in [3.8, 4) is 11.1 Å². The molecule has 0 spiro atoms. The summed E-state index contributed by atoms with van der Waals surface area (Å²) in [6.45, 7) is 3.38. The van der Waals surface area contributed by atoms with Crippen molar-refractivity contribution in [2.75, 3.05) is 4.72 Å². The Hall–Kier alpha value is -1.50. The van der Waals surface area contributed by atoms with E-state index in [0.29, 0.717) is 31.9 Å².